The Hall–Kier alpha value is -1.75. The summed E-state index contributed by atoms with van der Waals surface area (Å²) >= 11 is 0. The Balaban J connectivity index is 2.04. The molecular weight excluding hydrogens is 280 g/mol. The molecule has 1 aromatic rings. The van der Waals surface area contributed by atoms with E-state index in [1.54, 1.807) is 7.11 Å². The van der Waals surface area contributed by atoms with Gasteiger partial charge in [0.15, 0.2) is 0 Å². The number of nitrogens with one attached hydrogen (secondary N) is 1. The van der Waals surface area contributed by atoms with E-state index in [1.165, 1.54) is 0 Å². The van der Waals surface area contributed by atoms with Crippen LogP contribution in [0.1, 0.15) is 45.6 Å². The van der Waals surface area contributed by atoms with Crippen LogP contribution in [0, 0.1) is 0 Å². The average molecular weight is 306 g/mol. The molecule has 5 heteroatoms. The van der Waals surface area contributed by atoms with Crippen molar-refractivity contribution in [2.24, 2.45) is 5.73 Å². The highest BCUT2D eigenvalue weighted by Gasteiger charge is 2.37. The molecule has 1 aromatic carbocycles. The molecule has 122 valence electrons. The van der Waals surface area contributed by atoms with Crippen molar-refractivity contribution < 1.29 is 14.3 Å². The number of rotatable bonds is 5. The van der Waals surface area contributed by atoms with Crippen molar-refractivity contribution in [3.8, 4) is 5.75 Å². The lowest BCUT2D eigenvalue weighted by atomic mass is 10.0. The normalized spacial score (nSPS) is 16.0. The fraction of sp³-hybridized carbons (Fsp3) is 0.588. The largest absolute Gasteiger partial charge is 0.496 e. The number of nitrogens with two attached hydrogens (primary N) is 1. The number of benzene rings is 1. The lowest BCUT2D eigenvalue weighted by Gasteiger charge is -2.20. The van der Waals surface area contributed by atoms with Gasteiger partial charge in [-0.15, -0.1) is 0 Å². The molecule has 0 aromatic heterocycles. The predicted molar refractivity (Wildman–Crippen MR) is 87.3 cm³/mol. The summed E-state index contributed by atoms with van der Waals surface area (Å²) in [7, 11) is 1.65. The molecule has 0 unspecified atom stereocenters. The van der Waals surface area contributed by atoms with Crippen LogP contribution in [0.3, 0.4) is 0 Å². The van der Waals surface area contributed by atoms with Crippen LogP contribution in [0.4, 0.5) is 10.5 Å². The van der Waals surface area contributed by atoms with E-state index < -0.39 is 11.7 Å². The van der Waals surface area contributed by atoms with Gasteiger partial charge in [0, 0.05) is 11.2 Å². The summed E-state index contributed by atoms with van der Waals surface area (Å²) in [6.45, 7) is 5.51. The Bertz CT molecular complexity index is 545. The van der Waals surface area contributed by atoms with Gasteiger partial charge in [0.2, 0.25) is 0 Å². The molecule has 22 heavy (non-hydrogen) atoms. The van der Waals surface area contributed by atoms with Crippen molar-refractivity contribution in [3.05, 3.63) is 23.8 Å². The maximum absolute atomic E-state index is 11.8. The predicted octanol–water partition coefficient (Wildman–Crippen LogP) is 3.47. The summed E-state index contributed by atoms with van der Waals surface area (Å²) in [5, 5.41) is 2.75. The summed E-state index contributed by atoms with van der Waals surface area (Å²) < 4.78 is 10.6. The topological polar surface area (TPSA) is 73.6 Å². The van der Waals surface area contributed by atoms with Crippen molar-refractivity contribution in [2.75, 3.05) is 12.4 Å². The van der Waals surface area contributed by atoms with Crippen molar-refractivity contribution in [3.63, 3.8) is 0 Å². The molecule has 0 atom stereocenters. The quantitative estimate of drug-likeness (QED) is 0.873. The molecule has 5 nitrogen and oxygen atoms in total. The van der Waals surface area contributed by atoms with E-state index in [2.05, 4.69) is 5.32 Å². The van der Waals surface area contributed by atoms with Gasteiger partial charge in [0.1, 0.15) is 11.4 Å². The Labute approximate surface area is 132 Å². The van der Waals surface area contributed by atoms with E-state index in [0.717, 1.165) is 37.0 Å². The number of anilines is 1. The van der Waals surface area contributed by atoms with Gasteiger partial charge in [-0.25, -0.2) is 4.79 Å². The summed E-state index contributed by atoms with van der Waals surface area (Å²) in [6, 6.07) is 5.59. The van der Waals surface area contributed by atoms with E-state index in [9.17, 15) is 4.79 Å². The smallest absolute Gasteiger partial charge is 0.412 e. The molecule has 1 aliphatic rings. The highest BCUT2D eigenvalue weighted by molar-refractivity contribution is 5.85. The second-order valence-electron chi connectivity index (χ2n) is 7.02. The Morgan fingerprint density at radius 2 is 2.05 bits per heavy atom. The second kappa shape index (κ2) is 6.16. The lowest BCUT2D eigenvalue weighted by Crippen LogP contribution is -2.27. The molecule has 3 N–H and O–H groups in total. The highest BCUT2D eigenvalue weighted by Crippen LogP contribution is 2.37. The zero-order chi connectivity index (χ0) is 16.4. The van der Waals surface area contributed by atoms with Crippen LogP contribution in [0.5, 0.6) is 5.75 Å². The van der Waals surface area contributed by atoms with E-state index >= 15 is 0 Å². The minimum Gasteiger partial charge on any atom is -0.496 e. The molecular formula is C17H26N2O3. The molecule has 0 heterocycles. The highest BCUT2D eigenvalue weighted by atomic mass is 16.6. The van der Waals surface area contributed by atoms with Gasteiger partial charge >= 0.3 is 6.09 Å². The molecule has 0 saturated heterocycles. The number of hydrogen-bond donors (Lipinski definition) is 2. The summed E-state index contributed by atoms with van der Waals surface area (Å²) in [5.41, 5.74) is 7.38. The van der Waals surface area contributed by atoms with Crippen molar-refractivity contribution >= 4 is 11.8 Å². The van der Waals surface area contributed by atoms with E-state index in [-0.39, 0.29) is 5.54 Å². The first-order valence-electron chi connectivity index (χ1n) is 7.67. The zero-order valence-corrected chi connectivity index (χ0v) is 13.9. The zero-order valence-electron chi connectivity index (χ0n) is 13.9. The van der Waals surface area contributed by atoms with Gasteiger partial charge in [-0.2, -0.15) is 0 Å². The van der Waals surface area contributed by atoms with Crippen LogP contribution in [0.25, 0.3) is 0 Å². The number of aryl methyl sites for hydroxylation is 1. The van der Waals surface area contributed by atoms with Crippen molar-refractivity contribution in [2.45, 2.75) is 57.6 Å². The third-order valence-corrected chi connectivity index (χ3v) is 3.71. The van der Waals surface area contributed by atoms with Crippen LogP contribution >= 0.6 is 0 Å². The Kier molecular flexibility index (Phi) is 4.66. The first-order valence-corrected chi connectivity index (χ1v) is 7.67. The van der Waals surface area contributed by atoms with Gasteiger partial charge in [0.25, 0.3) is 0 Å². The third kappa shape index (κ3) is 4.91. The van der Waals surface area contributed by atoms with E-state index in [0.29, 0.717) is 5.69 Å². The molecule has 0 spiro atoms. The van der Waals surface area contributed by atoms with Gasteiger partial charge in [-0.05, 0) is 70.2 Å². The summed E-state index contributed by atoms with van der Waals surface area (Å²) in [5.74, 6) is 0.819. The fourth-order valence-electron chi connectivity index (χ4n) is 2.27. The first-order chi connectivity index (χ1) is 10.2. The Morgan fingerprint density at radius 1 is 1.36 bits per heavy atom. The van der Waals surface area contributed by atoms with Crippen LogP contribution in [0.15, 0.2) is 18.2 Å². The van der Waals surface area contributed by atoms with Gasteiger partial charge in [-0.1, -0.05) is 0 Å². The fourth-order valence-corrected chi connectivity index (χ4v) is 2.27. The second-order valence-corrected chi connectivity index (χ2v) is 7.02. The van der Waals surface area contributed by atoms with Crippen LogP contribution in [-0.4, -0.2) is 24.3 Å². The van der Waals surface area contributed by atoms with Crippen LogP contribution < -0.4 is 15.8 Å². The van der Waals surface area contributed by atoms with Gasteiger partial charge in [-0.3, -0.25) is 5.32 Å². The first kappa shape index (κ1) is 16.6. The van der Waals surface area contributed by atoms with E-state index in [4.69, 9.17) is 15.2 Å². The SMILES string of the molecule is COc1ccc(NC(=O)OC(C)(C)C)cc1CCC1(N)CC1. The number of carbonyl (C=O) groups is 1. The lowest BCUT2D eigenvalue weighted by molar-refractivity contribution is 0.0636. The number of amides is 1. The van der Waals surface area contributed by atoms with Crippen molar-refractivity contribution in [1.29, 1.82) is 0 Å². The molecule has 0 bridgehead atoms. The molecule has 1 saturated carbocycles. The van der Waals surface area contributed by atoms with Crippen LogP contribution in [-0.2, 0) is 11.2 Å². The summed E-state index contributed by atoms with van der Waals surface area (Å²) in [4.78, 5) is 11.8. The van der Waals surface area contributed by atoms with Gasteiger partial charge < -0.3 is 15.2 Å². The molecule has 2 rings (SSSR count). The van der Waals surface area contributed by atoms with Crippen molar-refractivity contribution in [1.82, 2.24) is 0 Å². The maximum Gasteiger partial charge on any atom is 0.412 e. The maximum atomic E-state index is 11.8. The molecule has 1 amide bonds. The number of methoxy groups -OCH3 is 1. The number of hydrogen-bond acceptors (Lipinski definition) is 4. The molecule has 0 aliphatic heterocycles. The summed E-state index contributed by atoms with van der Waals surface area (Å²) in [6.07, 6.45) is 3.49. The van der Waals surface area contributed by atoms with Crippen LogP contribution in [0.2, 0.25) is 0 Å². The number of carbonyl (C=O) groups excluding carboxylic acids is 1. The molecule has 1 fully saturated rings. The van der Waals surface area contributed by atoms with Gasteiger partial charge in [0.05, 0.1) is 7.11 Å². The monoisotopic (exact) mass is 306 g/mol. The number of ether oxygens (including phenoxy) is 2. The molecule has 1 aliphatic carbocycles. The third-order valence-electron chi connectivity index (χ3n) is 3.71. The standard InChI is InChI=1S/C17H26N2O3/c1-16(2,3)22-15(20)19-13-5-6-14(21-4)12(11-13)7-8-17(18)9-10-17/h5-6,11H,7-10,18H2,1-4H3,(H,19,20). The Morgan fingerprint density at radius 3 is 2.59 bits per heavy atom. The minimum absolute atomic E-state index is 0.000387. The molecule has 0 radical (unpaired) electrons. The minimum atomic E-state index is -0.517. The van der Waals surface area contributed by atoms with E-state index in [1.807, 2.05) is 39.0 Å². The average Bonchev–Trinajstić information content (AvgIpc) is 3.13.